The summed E-state index contributed by atoms with van der Waals surface area (Å²) in [5.41, 5.74) is 2.85. The van der Waals surface area contributed by atoms with Crippen LogP contribution in [0.15, 0.2) is 84.9 Å². The Bertz CT molecular complexity index is 1450. The molecule has 7 rings (SSSR count). The smallest absolute Gasteiger partial charge is 0.000763 e. The zero-order valence-electron chi connectivity index (χ0n) is 14.1. The van der Waals surface area contributed by atoms with Crippen molar-refractivity contribution in [3.63, 3.8) is 0 Å². The van der Waals surface area contributed by atoms with E-state index >= 15 is 0 Å². The van der Waals surface area contributed by atoms with Crippen molar-refractivity contribution in [1.29, 1.82) is 0 Å². The van der Waals surface area contributed by atoms with Crippen LogP contribution in [0.25, 0.3) is 65.0 Å². The summed E-state index contributed by atoms with van der Waals surface area (Å²) in [5, 5.41) is 13.7. The highest BCUT2D eigenvalue weighted by molar-refractivity contribution is 6.40. The second kappa shape index (κ2) is 4.23. The molecule has 0 radical (unpaired) electrons. The van der Waals surface area contributed by atoms with Gasteiger partial charge in [-0.25, -0.2) is 0 Å². The topological polar surface area (TPSA) is 0 Å². The minimum absolute atomic E-state index is 1.32. The van der Waals surface area contributed by atoms with Crippen LogP contribution in [0.5, 0.6) is 0 Å². The van der Waals surface area contributed by atoms with Gasteiger partial charge in [0.1, 0.15) is 0 Å². The van der Waals surface area contributed by atoms with Crippen LogP contribution in [-0.2, 0) is 0 Å². The minimum atomic E-state index is 1.32. The molecule has 0 heteroatoms. The highest BCUT2D eigenvalue weighted by Gasteiger charge is 2.24. The molecule has 0 heterocycles. The number of hydrogen-bond acceptors (Lipinski definition) is 0. The molecule has 0 aromatic heterocycles. The molecule has 0 aliphatic heterocycles. The molecule has 6 aromatic rings. The van der Waals surface area contributed by atoms with Gasteiger partial charge in [0.15, 0.2) is 0 Å². The molecule has 0 saturated heterocycles. The van der Waals surface area contributed by atoms with E-state index in [4.69, 9.17) is 0 Å². The van der Waals surface area contributed by atoms with Crippen molar-refractivity contribution in [1.82, 2.24) is 0 Å². The lowest BCUT2D eigenvalue weighted by molar-refractivity contribution is 1.78. The summed E-state index contributed by atoms with van der Waals surface area (Å²) in [6.45, 7) is 0. The van der Waals surface area contributed by atoms with E-state index < -0.39 is 0 Å². The van der Waals surface area contributed by atoms with Crippen molar-refractivity contribution in [2.75, 3.05) is 0 Å². The van der Waals surface area contributed by atoms with Crippen LogP contribution in [-0.4, -0.2) is 0 Å². The summed E-state index contributed by atoms with van der Waals surface area (Å²) in [5.74, 6) is 0. The maximum atomic E-state index is 2.35. The first-order valence-electron chi connectivity index (χ1n) is 9.13. The molecular formula is C26H14. The molecule has 1 aliphatic carbocycles. The minimum Gasteiger partial charge on any atom is -0.0616 e. The molecule has 118 valence electrons. The molecular weight excluding hydrogens is 312 g/mol. The van der Waals surface area contributed by atoms with Crippen molar-refractivity contribution >= 4 is 53.9 Å². The first kappa shape index (κ1) is 12.9. The van der Waals surface area contributed by atoms with E-state index in [1.54, 1.807) is 0 Å². The zero-order valence-corrected chi connectivity index (χ0v) is 14.1. The second-order valence-electron chi connectivity index (χ2n) is 7.37. The molecule has 0 atom stereocenters. The Morgan fingerprint density at radius 3 is 1.35 bits per heavy atom. The van der Waals surface area contributed by atoms with E-state index in [0.717, 1.165) is 0 Å². The lowest BCUT2D eigenvalue weighted by Crippen LogP contribution is -1.83. The van der Waals surface area contributed by atoms with Crippen LogP contribution in [0, 0.1) is 0 Å². The molecule has 0 amide bonds. The number of fused-ring (bicyclic) bond motifs is 5. The molecule has 26 heavy (non-hydrogen) atoms. The maximum Gasteiger partial charge on any atom is -0.000763 e. The largest absolute Gasteiger partial charge is 0.0616 e. The van der Waals surface area contributed by atoms with Crippen LogP contribution < -0.4 is 0 Å². The quantitative estimate of drug-likeness (QED) is 0.201. The fourth-order valence-electron chi connectivity index (χ4n) is 5.05. The summed E-state index contributed by atoms with van der Waals surface area (Å²) in [7, 11) is 0. The number of benzene rings is 6. The fraction of sp³-hybridized carbons (Fsp3) is 0. The monoisotopic (exact) mass is 326 g/mol. The van der Waals surface area contributed by atoms with Crippen molar-refractivity contribution in [3.8, 4) is 11.1 Å². The van der Waals surface area contributed by atoms with Crippen LogP contribution in [0.1, 0.15) is 0 Å². The zero-order chi connectivity index (χ0) is 16.8. The van der Waals surface area contributed by atoms with Crippen LogP contribution in [0.2, 0.25) is 0 Å². The van der Waals surface area contributed by atoms with Gasteiger partial charge in [0, 0.05) is 0 Å². The summed E-state index contributed by atoms with van der Waals surface area (Å²) in [6, 6.07) is 31.5. The van der Waals surface area contributed by atoms with E-state index in [1.165, 1.54) is 65.0 Å². The average molecular weight is 326 g/mol. The van der Waals surface area contributed by atoms with Gasteiger partial charge in [-0.05, 0) is 77.1 Å². The first-order chi connectivity index (χ1) is 12.9. The molecule has 0 nitrogen and oxygen atoms in total. The van der Waals surface area contributed by atoms with Crippen LogP contribution >= 0.6 is 0 Å². The Balaban J connectivity index is 1.94. The maximum absolute atomic E-state index is 2.35. The molecule has 0 fully saturated rings. The average Bonchev–Trinajstić information content (AvgIpc) is 3.06. The van der Waals surface area contributed by atoms with Gasteiger partial charge in [-0.1, -0.05) is 72.8 Å². The summed E-state index contributed by atoms with van der Waals surface area (Å²) in [6.07, 6.45) is 0. The normalized spacial score (nSPS) is 12.6. The van der Waals surface area contributed by atoms with E-state index in [9.17, 15) is 0 Å². The summed E-state index contributed by atoms with van der Waals surface area (Å²) in [4.78, 5) is 0. The predicted octanol–water partition coefficient (Wildman–Crippen LogP) is 7.43. The predicted molar refractivity (Wildman–Crippen MR) is 113 cm³/mol. The van der Waals surface area contributed by atoms with Gasteiger partial charge >= 0.3 is 0 Å². The molecule has 0 saturated carbocycles. The van der Waals surface area contributed by atoms with Gasteiger partial charge in [0.05, 0.1) is 0 Å². The third-order valence-corrected chi connectivity index (χ3v) is 6.08. The van der Waals surface area contributed by atoms with Crippen molar-refractivity contribution in [2.45, 2.75) is 0 Å². The summed E-state index contributed by atoms with van der Waals surface area (Å²) >= 11 is 0. The number of hydrogen-bond donors (Lipinski definition) is 0. The van der Waals surface area contributed by atoms with Gasteiger partial charge in [0.2, 0.25) is 0 Å². The second-order valence-corrected chi connectivity index (χ2v) is 7.37. The molecule has 0 N–H and O–H groups in total. The lowest BCUT2D eigenvalue weighted by atomic mass is 9.92. The van der Waals surface area contributed by atoms with Gasteiger partial charge < -0.3 is 0 Å². The SMILES string of the molecule is c1ccc2c3c4c(ccc5ccc6cc7ccccc7c-3c6c54)cc2c1. The van der Waals surface area contributed by atoms with Gasteiger partial charge in [0.25, 0.3) is 0 Å². The Morgan fingerprint density at radius 1 is 0.346 bits per heavy atom. The molecule has 1 aliphatic rings. The van der Waals surface area contributed by atoms with Gasteiger partial charge in [-0.15, -0.1) is 0 Å². The Morgan fingerprint density at radius 2 is 0.808 bits per heavy atom. The van der Waals surface area contributed by atoms with Gasteiger partial charge in [-0.3, -0.25) is 0 Å². The third-order valence-electron chi connectivity index (χ3n) is 6.08. The molecule has 6 aromatic carbocycles. The number of rotatable bonds is 0. The highest BCUT2D eigenvalue weighted by Crippen LogP contribution is 2.52. The van der Waals surface area contributed by atoms with Crippen molar-refractivity contribution < 1.29 is 0 Å². The van der Waals surface area contributed by atoms with Crippen molar-refractivity contribution in [2.24, 2.45) is 0 Å². The van der Waals surface area contributed by atoms with E-state index in [2.05, 4.69) is 84.9 Å². The van der Waals surface area contributed by atoms with Crippen molar-refractivity contribution in [3.05, 3.63) is 84.9 Å². The standard InChI is InChI=1S/C26H14/c1-3-7-20-16(5-1)13-18-11-9-15-10-12-19-14-17-6-2-4-8-21(17)26-24(19)22(15)23(18)25(20)26/h1-14H. The third kappa shape index (κ3) is 1.35. The van der Waals surface area contributed by atoms with Crippen LogP contribution in [0.3, 0.4) is 0 Å². The van der Waals surface area contributed by atoms with Crippen LogP contribution in [0.4, 0.5) is 0 Å². The van der Waals surface area contributed by atoms with E-state index in [1.807, 2.05) is 0 Å². The first-order valence-corrected chi connectivity index (χ1v) is 9.13. The summed E-state index contributed by atoms with van der Waals surface area (Å²) < 4.78 is 0. The van der Waals surface area contributed by atoms with E-state index in [0.29, 0.717) is 0 Å². The Labute approximate surface area is 150 Å². The Hall–Kier alpha value is -3.38. The van der Waals surface area contributed by atoms with Gasteiger partial charge in [-0.2, -0.15) is 0 Å². The molecule has 0 spiro atoms. The highest BCUT2D eigenvalue weighted by atomic mass is 14.3. The fourth-order valence-corrected chi connectivity index (χ4v) is 5.05. The van der Waals surface area contributed by atoms with E-state index in [-0.39, 0.29) is 0 Å². The Kier molecular flexibility index (Phi) is 2.10. The lowest BCUT2D eigenvalue weighted by Gasteiger charge is -2.11. The molecule has 0 unspecified atom stereocenters. The molecule has 0 bridgehead atoms.